The third-order valence-electron chi connectivity index (χ3n) is 2.65. The van der Waals surface area contributed by atoms with Crippen LogP contribution >= 0.6 is 0 Å². The number of anilines is 1. The van der Waals surface area contributed by atoms with Gasteiger partial charge in [-0.1, -0.05) is 37.6 Å². The Morgan fingerprint density at radius 2 is 1.67 bits per heavy atom. The van der Waals surface area contributed by atoms with E-state index in [1.165, 1.54) is 5.56 Å². The molecule has 3 heteroatoms. The van der Waals surface area contributed by atoms with Gasteiger partial charge in [-0.3, -0.25) is 0 Å². The lowest BCUT2D eigenvalue weighted by atomic mass is 10.2. The van der Waals surface area contributed by atoms with E-state index in [0.29, 0.717) is 0 Å². The van der Waals surface area contributed by atoms with Gasteiger partial charge in [-0.05, 0) is 31.2 Å². The molecule has 0 aliphatic heterocycles. The number of ether oxygens (including phenoxy) is 1. The Bertz CT molecular complexity index is 547. The number of nitrogens with one attached hydrogen (secondary N) is 1. The summed E-state index contributed by atoms with van der Waals surface area (Å²) >= 11 is 0. The Morgan fingerprint density at radius 1 is 1.05 bits per heavy atom. The molecule has 0 saturated heterocycles. The molecule has 0 fully saturated rings. The minimum atomic E-state index is 0.204. The lowest BCUT2D eigenvalue weighted by Crippen LogP contribution is -1.89. The van der Waals surface area contributed by atoms with Crippen LogP contribution in [0.3, 0.4) is 0 Å². The van der Waals surface area contributed by atoms with Crippen molar-refractivity contribution in [3.05, 3.63) is 54.1 Å². The van der Waals surface area contributed by atoms with Gasteiger partial charge in [0.2, 0.25) is 0 Å². The minimum absolute atomic E-state index is 0.204. The zero-order valence-corrected chi connectivity index (χ0v) is 13.1. The van der Waals surface area contributed by atoms with Crippen LogP contribution in [-0.2, 0) is 4.79 Å². The maximum absolute atomic E-state index is 9.50. The molecule has 0 unspecified atom stereocenters. The first kappa shape index (κ1) is 16.8. The standard InChI is InChI=1S/C14H15NO.C4H8O/c1-11-6-8-13(9-7-11)16-14-5-3-4-12(10-14)15-2;1-4(2)3-5/h3-10,15H,1-2H3;3-4H,1-2H3. The van der Waals surface area contributed by atoms with Gasteiger partial charge in [0, 0.05) is 24.7 Å². The van der Waals surface area contributed by atoms with E-state index in [2.05, 4.69) is 12.2 Å². The second-order valence-corrected chi connectivity index (χ2v) is 5.07. The molecule has 1 N–H and O–H groups in total. The van der Waals surface area contributed by atoms with E-state index in [1.807, 2.05) is 69.4 Å². The first-order valence-corrected chi connectivity index (χ1v) is 7.02. The summed E-state index contributed by atoms with van der Waals surface area (Å²) in [7, 11) is 1.89. The SMILES string of the molecule is CC(C)C=O.CNc1cccc(Oc2ccc(C)cc2)c1. The zero-order chi connectivity index (χ0) is 15.7. The Kier molecular flexibility index (Phi) is 7.02. The highest BCUT2D eigenvalue weighted by atomic mass is 16.5. The number of hydrogen-bond acceptors (Lipinski definition) is 3. The predicted octanol–water partition coefficient (Wildman–Crippen LogP) is 4.67. The number of benzene rings is 2. The molecule has 0 atom stereocenters. The number of aryl methyl sites for hydroxylation is 1. The van der Waals surface area contributed by atoms with Crippen molar-refractivity contribution in [2.24, 2.45) is 5.92 Å². The van der Waals surface area contributed by atoms with E-state index < -0.39 is 0 Å². The van der Waals surface area contributed by atoms with Crippen LogP contribution in [0.1, 0.15) is 19.4 Å². The van der Waals surface area contributed by atoms with Gasteiger partial charge in [-0.2, -0.15) is 0 Å². The highest BCUT2D eigenvalue weighted by Crippen LogP contribution is 2.23. The lowest BCUT2D eigenvalue weighted by Gasteiger charge is -2.07. The number of rotatable bonds is 4. The van der Waals surface area contributed by atoms with Crippen LogP contribution in [0, 0.1) is 12.8 Å². The third kappa shape index (κ3) is 6.61. The summed E-state index contributed by atoms with van der Waals surface area (Å²) < 4.78 is 5.74. The number of carbonyl (C=O) groups is 1. The fourth-order valence-corrected chi connectivity index (χ4v) is 1.46. The van der Waals surface area contributed by atoms with Crippen LogP contribution in [0.15, 0.2) is 48.5 Å². The van der Waals surface area contributed by atoms with Gasteiger partial charge in [-0.25, -0.2) is 0 Å². The van der Waals surface area contributed by atoms with E-state index in [4.69, 9.17) is 4.74 Å². The first-order chi connectivity index (χ1) is 10.0. The highest BCUT2D eigenvalue weighted by Gasteiger charge is 1.97. The van der Waals surface area contributed by atoms with Crippen LogP contribution in [0.5, 0.6) is 11.5 Å². The molecule has 0 saturated carbocycles. The summed E-state index contributed by atoms with van der Waals surface area (Å²) in [5.74, 6) is 1.91. The Balaban J connectivity index is 0.000000383. The molecule has 0 heterocycles. The van der Waals surface area contributed by atoms with Gasteiger partial charge >= 0.3 is 0 Å². The summed E-state index contributed by atoms with van der Waals surface area (Å²) in [5, 5.41) is 3.08. The van der Waals surface area contributed by atoms with E-state index in [1.54, 1.807) is 0 Å². The number of hydrogen-bond donors (Lipinski definition) is 1. The normalized spacial score (nSPS) is 9.57. The number of aldehydes is 1. The predicted molar refractivity (Wildman–Crippen MR) is 88.1 cm³/mol. The van der Waals surface area contributed by atoms with Crippen LogP contribution in [-0.4, -0.2) is 13.3 Å². The summed E-state index contributed by atoms with van der Waals surface area (Å²) in [6, 6.07) is 15.9. The lowest BCUT2D eigenvalue weighted by molar-refractivity contribution is -0.110. The Morgan fingerprint density at radius 3 is 2.19 bits per heavy atom. The molecular formula is C18H23NO2. The van der Waals surface area contributed by atoms with Gasteiger partial charge in [0.15, 0.2) is 0 Å². The molecule has 0 aromatic heterocycles. The summed E-state index contributed by atoms with van der Waals surface area (Å²) in [6.07, 6.45) is 0.917. The average Bonchev–Trinajstić information content (AvgIpc) is 2.50. The van der Waals surface area contributed by atoms with Crippen LogP contribution in [0.25, 0.3) is 0 Å². The maximum atomic E-state index is 9.50. The van der Waals surface area contributed by atoms with Crippen molar-refractivity contribution in [1.29, 1.82) is 0 Å². The Labute approximate surface area is 127 Å². The largest absolute Gasteiger partial charge is 0.457 e. The molecule has 0 aliphatic carbocycles. The number of carbonyl (C=O) groups excluding carboxylic acids is 1. The van der Waals surface area contributed by atoms with Crippen LogP contribution in [0.2, 0.25) is 0 Å². The molecule has 0 radical (unpaired) electrons. The van der Waals surface area contributed by atoms with E-state index in [0.717, 1.165) is 23.5 Å². The highest BCUT2D eigenvalue weighted by molar-refractivity contribution is 5.51. The van der Waals surface area contributed by atoms with E-state index in [-0.39, 0.29) is 5.92 Å². The summed E-state index contributed by atoms with van der Waals surface area (Å²) in [5.41, 5.74) is 2.28. The van der Waals surface area contributed by atoms with Crippen molar-refractivity contribution < 1.29 is 9.53 Å². The van der Waals surface area contributed by atoms with Gasteiger partial charge in [0.1, 0.15) is 17.8 Å². The molecule has 0 amide bonds. The van der Waals surface area contributed by atoms with Gasteiger partial charge in [-0.15, -0.1) is 0 Å². The van der Waals surface area contributed by atoms with Crippen LogP contribution < -0.4 is 10.1 Å². The fourth-order valence-electron chi connectivity index (χ4n) is 1.46. The zero-order valence-electron chi connectivity index (χ0n) is 13.1. The maximum Gasteiger partial charge on any atom is 0.129 e. The van der Waals surface area contributed by atoms with Crippen molar-refractivity contribution in [2.75, 3.05) is 12.4 Å². The third-order valence-corrected chi connectivity index (χ3v) is 2.65. The second-order valence-electron chi connectivity index (χ2n) is 5.07. The molecule has 112 valence electrons. The summed E-state index contributed by atoms with van der Waals surface area (Å²) in [4.78, 5) is 9.50. The van der Waals surface area contributed by atoms with Crippen molar-refractivity contribution in [2.45, 2.75) is 20.8 Å². The molecule has 2 aromatic carbocycles. The smallest absolute Gasteiger partial charge is 0.129 e. The molecule has 3 nitrogen and oxygen atoms in total. The fraction of sp³-hybridized carbons (Fsp3) is 0.278. The monoisotopic (exact) mass is 285 g/mol. The second kappa shape index (κ2) is 8.80. The molecule has 21 heavy (non-hydrogen) atoms. The van der Waals surface area contributed by atoms with E-state index in [9.17, 15) is 4.79 Å². The molecule has 2 aromatic rings. The van der Waals surface area contributed by atoms with Gasteiger partial charge in [0.25, 0.3) is 0 Å². The first-order valence-electron chi connectivity index (χ1n) is 7.02. The molecule has 2 rings (SSSR count). The van der Waals surface area contributed by atoms with Gasteiger partial charge in [0.05, 0.1) is 0 Å². The van der Waals surface area contributed by atoms with Crippen LogP contribution in [0.4, 0.5) is 5.69 Å². The molecule has 0 aliphatic rings. The molecule has 0 spiro atoms. The van der Waals surface area contributed by atoms with Crippen molar-refractivity contribution in [3.63, 3.8) is 0 Å². The molecule has 0 bridgehead atoms. The van der Waals surface area contributed by atoms with Gasteiger partial charge < -0.3 is 14.8 Å². The van der Waals surface area contributed by atoms with Crippen molar-refractivity contribution in [1.82, 2.24) is 0 Å². The topological polar surface area (TPSA) is 38.3 Å². The average molecular weight is 285 g/mol. The minimum Gasteiger partial charge on any atom is -0.457 e. The summed E-state index contributed by atoms with van der Waals surface area (Å²) in [6.45, 7) is 5.77. The molecular weight excluding hydrogens is 262 g/mol. The Hall–Kier alpha value is -2.29. The quantitative estimate of drug-likeness (QED) is 0.830. The van der Waals surface area contributed by atoms with Crippen molar-refractivity contribution >= 4 is 12.0 Å². The van der Waals surface area contributed by atoms with E-state index >= 15 is 0 Å². The van der Waals surface area contributed by atoms with Crippen molar-refractivity contribution in [3.8, 4) is 11.5 Å².